The van der Waals surface area contributed by atoms with E-state index >= 15 is 0 Å². The molecule has 2 fully saturated rings. The van der Waals surface area contributed by atoms with Crippen molar-refractivity contribution in [3.8, 4) is 0 Å². The van der Waals surface area contributed by atoms with Crippen molar-refractivity contribution in [2.45, 2.75) is 70.1 Å². The van der Waals surface area contributed by atoms with E-state index < -0.39 is 6.39 Å². The van der Waals surface area contributed by atoms with E-state index in [0.717, 1.165) is 63.5 Å². The first-order valence-corrected chi connectivity index (χ1v) is 14.1. The highest BCUT2D eigenvalue weighted by atomic mass is 16.6. The maximum atomic E-state index is 10.6. The molecule has 2 aromatic rings. The number of anilines is 1. The van der Waals surface area contributed by atoms with Crippen LogP contribution in [0.2, 0.25) is 0 Å². The summed E-state index contributed by atoms with van der Waals surface area (Å²) in [7, 11) is 28.3. The van der Waals surface area contributed by atoms with Gasteiger partial charge in [-0.05, 0) is 63.0 Å². The van der Waals surface area contributed by atoms with Gasteiger partial charge < -0.3 is 10.5 Å². The maximum Gasteiger partial charge on any atom is 0.269 e. The molecule has 2 aliphatic rings. The predicted molar refractivity (Wildman–Crippen MR) is 178 cm³/mol. The zero-order valence-electron chi connectivity index (χ0n) is 24.7. The SMILES string of the molecule is CN(Cc1ccc(N)cc1)C1CCCCC1.CN(Cc1ccc([N+](=O)[O-])cc1)C1CCOCC1.[B]B([B])[B].[B][B][B]. The lowest BCUT2D eigenvalue weighted by molar-refractivity contribution is -0.384. The summed E-state index contributed by atoms with van der Waals surface area (Å²) in [6.45, 7) is 3.53. The highest BCUT2D eigenvalue weighted by molar-refractivity contribution is 7.49. The van der Waals surface area contributed by atoms with E-state index in [2.05, 4.69) is 74.7 Å². The lowest BCUT2D eigenvalue weighted by Gasteiger charge is -2.31. The summed E-state index contributed by atoms with van der Waals surface area (Å²) in [4.78, 5) is 15.0. The molecule has 0 unspecified atom stereocenters. The molecule has 1 saturated heterocycles. The molecule has 0 aromatic heterocycles. The number of nitro groups is 1. The van der Waals surface area contributed by atoms with Crippen LogP contribution in [0.25, 0.3) is 0 Å². The molecule has 11 radical (unpaired) electrons. The molecular weight excluding hydrogens is 504 g/mol. The van der Waals surface area contributed by atoms with E-state index in [-0.39, 0.29) is 10.6 Å². The first-order valence-electron chi connectivity index (χ1n) is 14.1. The smallest absolute Gasteiger partial charge is 0.269 e. The molecule has 7 nitrogen and oxygen atoms in total. The molecular formula is C27H40B7N4O3. The highest BCUT2D eigenvalue weighted by Gasteiger charge is 2.19. The Kier molecular flexibility index (Phi) is 19.5. The largest absolute Gasteiger partial charge is 0.399 e. The second kappa shape index (κ2) is 21.6. The van der Waals surface area contributed by atoms with Crippen LogP contribution in [0.15, 0.2) is 48.5 Å². The number of nitro benzene ring substituents is 1. The maximum absolute atomic E-state index is 10.6. The molecule has 0 bridgehead atoms. The van der Waals surface area contributed by atoms with Gasteiger partial charge in [-0.15, -0.1) is 0 Å². The molecule has 0 amide bonds. The first kappa shape index (κ1) is 37.0. The number of nitrogens with two attached hydrogens (primary N) is 1. The van der Waals surface area contributed by atoms with E-state index in [9.17, 15) is 10.1 Å². The van der Waals surface area contributed by atoms with Crippen LogP contribution in [0.4, 0.5) is 11.4 Å². The molecule has 41 heavy (non-hydrogen) atoms. The van der Waals surface area contributed by atoms with Gasteiger partial charge in [0.05, 0.1) is 4.92 Å². The molecule has 1 aliphatic heterocycles. The van der Waals surface area contributed by atoms with E-state index in [4.69, 9.17) is 10.5 Å². The lowest BCUT2D eigenvalue weighted by Crippen LogP contribution is -2.36. The standard InChI is InChI=1S/C14H22N2.C13H18N2O3.B4.B3/c1-16(14-5-3-2-4-6-14)11-12-7-9-13(15)10-8-12;1-14(12-6-8-18-9-7-12)10-11-2-4-13(5-3-11)15(16)17;1-4(2)3;1-3-2/h7-10,14H,2-6,11,15H2,1H3;2-5,12H,6-10H2,1H3;;. The Hall–Kier alpha value is -2.03. The van der Waals surface area contributed by atoms with Gasteiger partial charge in [0.1, 0.15) is 0 Å². The van der Waals surface area contributed by atoms with Crippen molar-refractivity contribution in [2.24, 2.45) is 0 Å². The Balaban J connectivity index is 0.000000336. The summed E-state index contributed by atoms with van der Waals surface area (Å²) in [5.41, 5.74) is 9.15. The van der Waals surface area contributed by atoms with E-state index in [1.54, 1.807) is 12.1 Å². The van der Waals surface area contributed by atoms with Gasteiger partial charge in [-0.1, -0.05) is 43.5 Å². The van der Waals surface area contributed by atoms with Crippen LogP contribution in [0.1, 0.15) is 56.1 Å². The third-order valence-corrected chi connectivity index (χ3v) is 7.00. The Bertz CT molecular complexity index is 944. The van der Waals surface area contributed by atoms with Crippen molar-refractivity contribution < 1.29 is 9.66 Å². The molecule has 2 N–H and O–H groups in total. The fraction of sp³-hybridized carbons (Fsp3) is 0.556. The minimum absolute atomic E-state index is 0.146. The summed E-state index contributed by atoms with van der Waals surface area (Å²) < 4.78 is 5.34. The van der Waals surface area contributed by atoms with Gasteiger partial charge >= 0.3 is 0 Å². The lowest BCUT2D eigenvalue weighted by atomic mass is 9.08. The fourth-order valence-corrected chi connectivity index (χ4v) is 4.83. The van der Waals surface area contributed by atoms with E-state index in [1.165, 1.54) is 37.7 Å². The molecule has 14 heteroatoms. The van der Waals surface area contributed by atoms with Crippen LogP contribution < -0.4 is 5.73 Å². The molecule has 1 heterocycles. The third kappa shape index (κ3) is 16.9. The number of ether oxygens (including phenoxy) is 1. The number of non-ortho nitro benzene ring substituents is 1. The van der Waals surface area contributed by atoms with Crippen LogP contribution in [0.3, 0.4) is 0 Å². The van der Waals surface area contributed by atoms with Crippen LogP contribution in [0, 0.1) is 10.1 Å². The van der Waals surface area contributed by atoms with Crippen LogP contribution >= 0.6 is 0 Å². The predicted octanol–water partition coefficient (Wildman–Crippen LogP) is 2.57. The second-order valence-electron chi connectivity index (χ2n) is 10.4. The van der Waals surface area contributed by atoms with Crippen molar-refractivity contribution in [2.75, 3.05) is 33.0 Å². The van der Waals surface area contributed by atoms with Gasteiger partial charge in [0.2, 0.25) is 0 Å². The van der Waals surface area contributed by atoms with Gasteiger partial charge in [-0.25, -0.2) is 0 Å². The van der Waals surface area contributed by atoms with Gasteiger partial charge in [0.15, 0.2) is 0 Å². The molecule has 0 atom stereocenters. The zero-order chi connectivity index (χ0) is 30.6. The number of nitrogen functional groups attached to an aromatic ring is 1. The Labute approximate surface area is 255 Å². The molecule has 2 aromatic carbocycles. The Morgan fingerprint density at radius 1 is 0.854 bits per heavy atom. The molecule has 207 valence electrons. The van der Waals surface area contributed by atoms with Crippen molar-refractivity contribution in [3.63, 3.8) is 0 Å². The number of rotatable bonds is 7. The zero-order valence-corrected chi connectivity index (χ0v) is 24.7. The Morgan fingerprint density at radius 3 is 1.66 bits per heavy atom. The highest BCUT2D eigenvalue weighted by Crippen LogP contribution is 2.23. The minimum Gasteiger partial charge on any atom is -0.399 e. The second-order valence-corrected chi connectivity index (χ2v) is 10.4. The molecule has 4 rings (SSSR count). The minimum atomic E-state index is -0.667. The molecule has 1 saturated carbocycles. The van der Waals surface area contributed by atoms with E-state index in [1.807, 2.05) is 24.3 Å². The van der Waals surface area contributed by atoms with Crippen molar-refractivity contribution >= 4 is 63.5 Å². The van der Waals surface area contributed by atoms with Crippen molar-refractivity contribution in [3.05, 3.63) is 69.8 Å². The summed E-state index contributed by atoms with van der Waals surface area (Å²) >= 11 is 0. The molecule has 1 aliphatic carbocycles. The van der Waals surface area contributed by atoms with Gasteiger partial charge in [0.25, 0.3) is 5.69 Å². The number of hydrogen-bond donors (Lipinski definition) is 1. The number of nitrogens with zero attached hydrogens (tertiary/aromatic N) is 3. The van der Waals surface area contributed by atoms with Crippen LogP contribution in [-0.2, 0) is 17.8 Å². The fourth-order valence-electron chi connectivity index (χ4n) is 4.83. The quantitative estimate of drug-likeness (QED) is 0.250. The molecule has 0 spiro atoms. The summed E-state index contributed by atoms with van der Waals surface area (Å²) in [5, 5.41) is 10.6. The van der Waals surface area contributed by atoms with Crippen molar-refractivity contribution in [1.29, 1.82) is 0 Å². The monoisotopic (exact) mass is 545 g/mol. The Morgan fingerprint density at radius 2 is 1.24 bits per heavy atom. The normalized spacial score (nSPS) is 15.3. The summed E-state index contributed by atoms with van der Waals surface area (Å²) in [5.74, 6) is 0. The average molecular weight is 544 g/mol. The topological polar surface area (TPSA) is 84.9 Å². The number of benzene rings is 2. The van der Waals surface area contributed by atoms with Gasteiger partial charge in [0, 0.05) is 108 Å². The van der Waals surface area contributed by atoms with Crippen LogP contribution in [0.5, 0.6) is 0 Å². The first-order chi connectivity index (χ1) is 19.6. The summed E-state index contributed by atoms with van der Waals surface area (Å²) in [6.07, 6.45) is 8.41. The van der Waals surface area contributed by atoms with Crippen LogP contribution in [-0.4, -0.2) is 106 Å². The van der Waals surface area contributed by atoms with Gasteiger partial charge in [-0.2, -0.15) is 0 Å². The average Bonchev–Trinajstić information content (AvgIpc) is 2.96. The van der Waals surface area contributed by atoms with Gasteiger partial charge in [-0.3, -0.25) is 19.9 Å². The third-order valence-electron chi connectivity index (χ3n) is 7.00. The van der Waals surface area contributed by atoms with E-state index in [0.29, 0.717) is 6.04 Å². The van der Waals surface area contributed by atoms with Crippen molar-refractivity contribution in [1.82, 2.24) is 9.80 Å². The number of hydrogen-bond acceptors (Lipinski definition) is 6. The summed E-state index contributed by atoms with van der Waals surface area (Å²) in [6, 6.07) is 16.4.